The standard InChI is InChI=1S/C33H28F4N4O4S/c1-38-30(17-20-15-22(34)19-23(35)16-20)32-39-29-18-21(31-27(36)3-2-4-28(31)37)5-10-26(29)33(42)41(32)24-6-8-25(9-7-24)46(43,44)40-11-13-45-14-12-40/h2-10,15-16,18-19,30,38H,11-14,17H2,1H3. The van der Waals surface area contributed by atoms with Gasteiger partial charge in [-0.15, -0.1) is 0 Å². The van der Waals surface area contributed by atoms with Crippen molar-refractivity contribution in [1.82, 2.24) is 19.2 Å². The Hall–Kier alpha value is -4.43. The van der Waals surface area contributed by atoms with Crippen molar-refractivity contribution in [2.24, 2.45) is 0 Å². The predicted molar refractivity (Wildman–Crippen MR) is 164 cm³/mol. The summed E-state index contributed by atoms with van der Waals surface area (Å²) in [5.41, 5.74) is 0.0275. The fourth-order valence-electron chi connectivity index (χ4n) is 5.61. The number of sulfonamides is 1. The Labute approximate surface area is 261 Å². The number of rotatable bonds is 8. The van der Waals surface area contributed by atoms with Gasteiger partial charge in [-0.25, -0.2) is 31.0 Å². The van der Waals surface area contributed by atoms with E-state index >= 15 is 0 Å². The predicted octanol–water partition coefficient (Wildman–Crippen LogP) is 5.13. The van der Waals surface area contributed by atoms with Gasteiger partial charge in [0.05, 0.1) is 46.3 Å². The molecule has 4 aromatic carbocycles. The van der Waals surface area contributed by atoms with Gasteiger partial charge in [-0.2, -0.15) is 4.31 Å². The molecule has 1 aliphatic rings. The molecule has 1 saturated heterocycles. The van der Waals surface area contributed by atoms with Crippen LogP contribution in [0, 0.1) is 23.3 Å². The summed E-state index contributed by atoms with van der Waals surface area (Å²) in [6, 6.07) is 15.8. The second-order valence-corrected chi connectivity index (χ2v) is 12.7. The summed E-state index contributed by atoms with van der Waals surface area (Å²) in [5.74, 6) is -3.01. The molecule has 238 valence electrons. The molecule has 1 aromatic heterocycles. The van der Waals surface area contributed by atoms with Crippen LogP contribution >= 0.6 is 0 Å². The number of hydrogen-bond donors (Lipinski definition) is 1. The van der Waals surface area contributed by atoms with Crippen LogP contribution in [0.3, 0.4) is 0 Å². The first-order chi connectivity index (χ1) is 22.1. The summed E-state index contributed by atoms with van der Waals surface area (Å²) in [6.07, 6.45) is 0.00819. The highest BCUT2D eigenvalue weighted by Crippen LogP contribution is 2.30. The minimum Gasteiger partial charge on any atom is -0.379 e. The maximum Gasteiger partial charge on any atom is 0.266 e. The molecular weight excluding hydrogens is 624 g/mol. The Bertz CT molecular complexity index is 2060. The van der Waals surface area contributed by atoms with Gasteiger partial charge in [-0.3, -0.25) is 9.36 Å². The number of ether oxygens (including phenoxy) is 1. The van der Waals surface area contributed by atoms with E-state index in [0.717, 1.165) is 18.2 Å². The SMILES string of the molecule is CNC(Cc1cc(F)cc(F)c1)c1nc2cc(-c3c(F)cccc3F)ccc2c(=O)n1-c1ccc(S(=O)(=O)N2CCOCC2)cc1. The van der Waals surface area contributed by atoms with Gasteiger partial charge >= 0.3 is 0 Å². The second kappa shape index (κ2) is 12.8. The Morgan fingerprint density at radius 1 is 0.891 bits per heavy atom. The van der Waals surface area contributed by atoms with Crippen molar-refractivity contribution < 1.29 is 30.7 Å². The number of halogens is 4. The Kier molecular flexibility index (Phi) is 8.75. The van der Waals surface area contributed by atoms with Crippen LogP contribution in [0.2, 0.25) is 0 Å². The van der Waals surface area contributed by atoms with Gasteiger partial charge in [0, 0.05) is 19.2 Å². The van der Waals surface area contributed by atoms with Crippen molar-refractivity contribution in [1.29, 1.82) is 0 Å². The van der Waals surface area contributed by atoms with Crippen molar-refractivity contribution in [2.75, 3.05) is 33.4 Å². The van der Waals surface area contributed by atoms with E-state index < -0.39 is 44.9 Å². The fraction of sp³-hybridized carbons (Fsp3) is 0.212. The molecule has 1 N–H and O–H groups in total. The van der Waals surface area contributed by atoms with Gasteiger partial charge in [-0.1, -0.05) is 12.1 Å². The molecule has 0 bridgehead atoms. The van der Waals surface area contributed by atoms with Crippen molar-refractivity contribution in [2.45, 2.75) is 17.4 Å². The maximum atomic E-state index is 14.7. The van der Waals surface area contributed by atoms with Crippen LogP contribution in [0.25, 0.3) is 27.7 Å². The number of fused-ring (bicyclic) bond motifs is 1. The van der Waals surface area contributed by atoms with Crippen LogP contribution in [0.4, 0.5) is 17.6 Å². The lowest BCUT2D eigenvalue weighted by Crippen LogP contribution is -2.40. The van der Waals surface area contributed by atoms with Crippen molar-refractivity contribution in [3.63, 3.8) is 0 Å². The lowest BCUT2D eigenvalue weighted by Gasteiger charge is -2.26. The molecule has 0 aliphatic carbocycles. The summed E-state index contributed by atoms with van der Waals surface area (Å²) in [4.78, 5) is 18.9. The van der Waals surface area contributed by atoms with Crippen molar-refractivity contribution in [3.05, 3.63) is 124 Å². The molecule has 1 fully saturated rings. The quantitative estimate of drug-likeness (QED) is 0.234. The molecule has 1 unspecified atom stereocenters. The summed E-state index contributed by atoms with van der Waals surface area (Å²) in [5, 5.41) is 3.18. The molecule has 6 rings (SSSR count). The first-order valence-electron chi connectivity index (χ1n) is 14.4. The molecule has 8 nitrogen and oxygen atoms in total. The summed E-state index contributed by atoms with van der Waals surface area (Å²) in [6.45, 7) is 0.993. The van der Waals surface area contributed by atoms with Gasteiger partial charge in [0.2, 0.25) is 10.0 Å². The molecule has 2 heterocycles. The van der Waals surface area contributed by atoms with Crippen LogP contribution in [0.1, 0.15) is 17.4 Å². The largest absolute Gasteiger partial charge is 0.379 e. The molecule has 13 heteroatoms. The zero-order valence-electron chi connectivity index (χ0n) is 24.5. The normalized spacial score (nSPS) is 14.9. The zero-order valence-corrected chi connectivity index (χ0v) is 25.3. The van der Waals surface area contributed by atoms with Crippen molar-refractivity contribution >= 4 is 20.9 Å². The van der Waals surface area contributed by atoms with Crippen LogP contribution < -0.4 is 10.9 Å². The van der Waals surface area contributed by atoms with Gasteiger partial charge in [0.15, 0.2) is 0 Å². The maximum absolute atomic E-state index is 14.7. The minimum absolute atomic E-state index is 0.00819. The van der Waals surface area contributed by atoms with E-state index in [2.05, 4.69) is 5.32 Å². The minimum atomic E-state index is -3.82. The molecule has 0 spiro atoms. The number of morpholine rings is 1. The van der Waals surface area contributed by atoms with Crippen LogP contribution in [0.15, 0.2) is 88.6 Å². The highest BCUT2D eigenvalue weighted by Gasteiger charge is 2.27. The van der Waals surface area contributed by atoms with E-state index in [0.29, 0.717) is 0 Å². The third-order valence-corrected chi connectivity index (χ3v) is 9.78. The third-order valence-electron chi connectivity index (χ3n) is 7.87. The Balaban J connectivity index is 1.51. The van der Waals surface area contributed by atoms with Crippen LogP contribution in [0.5, 0.6) is 0 Å². The molecule has 0 amide bonds. The summed E-state index contributed by atoms with van der Waals surface area (Å²) >= 11 is 0. The highest BCUT2D eigenvalue weighted by atomic mass is 32.2. The number of aromatic nitrogens is 2. The Morgan fingerprint density at radius 3 is 2.17 bits per heavy atom. The number of likely N-dealkylation sites (N-methyl/N-ethyl adjacent to an activating group) is 1. The second-order valence-electron chi connectivity index (χ2n) is 10.8. The lowest BCUT2D eigenvalue weighted by molar-refractivity contribution is 0.0730. The van der Waals surface area contributed by atoms with E-state index in [1.54, 1.807) is 7.05 Å². The first-order valence-corrected chi connectivity index (χ1v) is 15.8. The van der Waals surface area contributed by atoms with E-state index in [4.69, 9.17) is 9.72 Å². The van der Waals surface area contributed by atoms with E-state index in [1.807, 2.05) is 0 Å². The van der Waals surface area contributed by atoms with E-state index in [1.165, 1.54) is 69.5 Å². The third kappa shape index (κ3) is 6.06. The van der Waals surface area contributed by atoms with Gasteiger partial charge in [-0.05, 0) is 85.3 Å². The first kappa shape index (κ1) is 31.5. The van der Waals surface area contributed by atoms with Crippen LogP contribution in [-0.2, 0) is 21.2 Å². The molecule has 1 atom stereocenters. The van der Waals surface area contributed by atoms with Gasteiger partial charge in [0.1, 0.15) is 29.1 Å². The smallest absolute Gasteiger partial charge is 0.266 e. The molecule has 0 saturated carbocycles. The lowest BCUT2D eigenvalue weighted by atomic mass is 10.0. The van der Waals surface area contributed by atoms with Gasteiger partial charge < -0.3 is 10.1 Å². The average molecular weight is 653 g/mol. The summed E-state index contributed by atoms with van der Waals surface area (Å²) < 4.78 is 91.8. The summed E-state index contributed by atoms with van der Waals surface area (Å²) in [7, 11) is -2.23. The van der Waals surface area contributed by atoms with Crippen LogP contribution in [-0.4, -0.2) is 55.6 Å². The molecule has 46 heavy (non-hydrogen) atoms. The number of nitrogens with one attached hydrogen (secondary N) is 1. The highest BCUT2D eigenvalue weighted by molar-refractivity contribution is 7.89. The molecule has 1 aliphatic heterocycles. The van der Waals surface area contributed by atoms with Crippen molar-refractivity contribution in [3.8, 4) is 16.8 Å². The molecule has 5 aromatic rings. The Morgan fingerprint density at radius 2 is 1.54 bits per heavy atom. The van der Waals surface area contributed by atoms with E-state index in [-0.39, 0.29) is 76.7 Å². The number of hydrogen-bond acceptors (Lipinski definition) is 6. The fourth-order valence-corrected chi connectivity index (χ4v) is 7.01. The average Bonchev–Trinajstić information content (AvgIpc) is 3.03. The molecule has 0 radical (unpaired) electrons. The number of nitrogens with zero attached hydrogens (tertiary/aromatic N) is 3. The van der Waals surface area contributed by atoms with Gasteiger partial charge in [0.25, 0.3) is 5.56 Å². The topological polar surface area (TPSA) is 93.5 Å². The number of benzene rings is 4. The molecular formula is C33H28F4N4O4S. The van der Waals surface area contributed by atoms with E-state index in [9.17, 15) is 30.8 Å². The zero-order chi connectivity index (χ0) is 32.6. The monoisotopic (exact) mass is 652 g/mol.